The summed E-state index contributed by atoms with van der Waals surface area (Å²) in [6, 6.07) is 2.79. The van der Waals surface area contributed by atoms with E-state index in [-0.39, 0.29) is 0 Å². The Morgan fingerprint density at radius 2 is 2.47 bits per heavy atom. The molecule has 3 nitrogen and oxygen atoms in total. The van der Waals surface area contributed by atoms with Crippen molar-refractivity contribution in [3.63, 3.8) is 0 Å². The molecule has 1 aromatic heterocycles. The van der Waals surface area contributed by atoms with Crippen LogP contribution in [-0.2, 0) is 17.7 Å². The van der Waals surface area contributed by atoms with Gasteiger partial charge in [-0.1, -0.05) is 6.92 Å². The van der Waals surface area contributed by atoms with Gasteiger partial charge in [0.1, 0.15) is 0 Å². The van der Waals surface area contributed by atoms with Crippen LogP contribution >= 0.6 is 11.3 Å². The molecule has 0 aromatic carbocycles. The molecule has 1 fully saturated rings. The minimum atomic E-state index is 0.398. The van der Waals surface area contributed by atoms with Crippen LogP contribution in [0.15, 0.2) is 11.4 Å². The lowest BCUT2D eigenvalue weighted by Gasteiger charge is -2.11. The first kappa shape index (κ1) is 13.0. The summed E-state index contributed by atoms with van der Waals surface area (Å²) in [5.74, 6) is 0. The van der Waals surface area contributed by atoms with Gasteiger partial charge in [0, 0.05) is 37.7 Å². The Balaban J connectivity index is 1.70. The standard InChI is InChI=1S/C13H22N2OS/c1-3-10-4-5-17-13(10)9-14-7-11-6-12(16-2)8-15-11/h4-5,11-12,14-15H,3,6-9H2,1-2H3. The maximum atomic E-state index is 5.34. The Labute approximate surface area is 108 Å². The van der Waals surface area contributed by atoms with Gasteiger partial charge in [-0.3, -0.25) is 0 Å². The highest BCUT2D eigenvalue weighted by atomic mass is 32.1. The van der Waals surface area contributed by atoms with Crippen LogP contribution in [0.3, 0.4) is 0 Å². The van der Waals surface area contributed by atoms with Crippen molar-refractivity contribution in [2.45, 2.75) is 38.5 Å². The van der Waals surface area contributed by atoms with Crippen LogP contribution < -0.4 is 10.6 Å². The van der Waals surface area contributed by atoms with Crippen molar-refractivity contribution in [3.05, 3.63) is 21.9 Å². The normalized spacial score (nSPS) is 24.4. The number of aryl methyl sites for hydroxylation is 1. The Morgan fingerprint density at radius 3 is 3.18 bits per heavy atom. The fourth-order valence-electron chi connectivity index (χ4n) is 2.31. The van der Waals surface area contributed by atoms with Gasteiger partial charge in [0.25, 0.3) is 0 Å². The van der Waals surface area contributed by atoms with Gasteiger partial charge in [0.15, 0.2) is 0 Å². The number of hydrogen-bond donors (Lipinski definition) is 2. The number of methoxy groups -OCH3 is 1. The summed E-state index contributed by atoms with van der Waals surface area (Å²) >= 11 is 1.85. The molecule has 0 bridgehead atoms. The van der Waals surface area contributed by atoms with E-state index in [1.165, 1.54) is 10.4 Å². The van der Waals surface area contributed by atoms with Crippen LogP contribution in [0.2, 0.25) is 0 Å². The molecule has 0 radical (unpaired) electrons. The first-order valence-corrected chi connectivity index (χ1v) is 7.23. The van der Waals surface area contributed by atoms with Gasteiger partial charge < -0.3 is 15.4 Å². The predicted molar refractivity (Wildman–Crippen MR) is 72.6 cm³/mol. The third-order valence-electron chi connectivity index (χ3n) is 3.41. The van der Waals surface area contributed by atoms with Crippen LogP contribution in [0, 0.1) is 0 Å². The van der Waals surface area contributed by atoms with Crippen molar-refractivity contribution < 1.29 is 4.74 Å². The Kier molecular flexibility index (Phi) is 4.98. The molecule has 1 aliphatic heterocycles. The van der Waals surface area contributed by atoms with Gasteiger partial charge in [0.2, 0.25) is 0 Å². The van der Waals surface area contributed by atoms with E-state index in [0.29, 0.717) is 12.1 Å². The molecule has 0 amide bonds. The highest BCUT2D eigenvalue weighted by molar-refractivity contribution is 7.10. The summed E-state index contributed by atoms with van der Waals surface area (Å²) in [5, 5.41) is 9.21. The van der Waals surface area contributed by atoms with Crippen LogP contribution in [0.4, 0.5) is 0 Å². The summed E-state index contributed by atoms with van der Waals surface area (Å²) in [4.78, 5) is 1.48. The second-order valence-electron chi connectivity index (χ2n) is 4.55. The van der Waals surface area contributed by atoms with E-state index in [1.807, 2.05) is 11.3 Å². The smallest absolute Gasteiger partial charge is 0.0711 e. The lowest BCUT2D eigenvalue weighted by atomic mass is 10.2. The van der Waals surface area contributed by atoms with Gasteiger partial charge >= 0.3 is 0 Å². The van der Waals surface area contributed by atoms with Crippen molar-refractivity contribution in [2.75, 3.05) is 20.2 Å². The maximum Gasteiger partial charge on any atom is 0.0711 e. The molecule has 1 aromatic rings. The number of rotatable bonds is 6. The molecule has 2 heterocycles. The molecular weight excluding hydrogens is 232 g/mol. The minimum absolute atomic E-state index is 0.398. The number of ether oxygens (including phenoxy) is 1. The largest absolute Gasteiger partial charge is 0.380 e. The zero-order valence-electron chi connectivity index (χ0n) is 10.7. The minimum Gasteiger partial charge on any atom is -0.380 e. The van der Waals surface area contributed by atoms with Crippen molar-refractivity contribution in [1.29, 1.82) is 0 Å². The molecule has 1 saturated heterocycles. The number of hydrogen-bond acceptors (Lipinski definition) is 4. The second kappa shape index (κ2) is 6.50. The van der Waals surface area contributed by atoms with Crippen molar-refractivity contribution >= 4 is 11.3 Å². The molecule has 2 unspecified atom stereocenters. The van der Waals surface area contributed by atoms with E-state index in [4.69, 9.17) is 4.74 Å². The summed E-state index contributed by atoms with van der Waals surface area (Å²) in [5.41, 5.74) is 1.48. The Hall–Kier alpha value is -0.420. The first-order chi connectivity index (χ1) is 8.33. The average Bonchev–Trinajstić information content (AvgIpc) is 2.97. The molecule has 2 atom stereocenters. The SMILES string of the molecule is CCc1ccsc1CNCC1CC(OC)CN1. The van der Waals surface area contributed by atoms with Crippen LogP contribution in [0.5, 0.6) is 0 Å². The van der Waals surface area contributed by atoms with Gasteiger partial charge in [-0.15, -0.1) is 11.3 Å². The molecule has 0 spiro atoms. The zero-order chi connectivity index (χ0) is 12.1. The molecule has 0 aliphatic carbocycles. The third-order valence-corrected chi connectivity index (χ3v) is 4.37. The molecule has 1 aliphatic rings. The van der Waals surface area contributed by atoms with E-state index in [9.17, 15) is 0 Å². The van der Waals surface area contributed by atoms with Crippen molar-refractivity contribution in [3.8, 4) is 0 Å². The second-order valence-corrected chi connectivity index (χ2v) is 5.55. The number of nitrogens with one attached hydrogen (secondary N) is 2. The summed E-state index contributed by atoms with van der Waals surface area (Å²) in [6.45, 7) is 5.23. The fraction of sp³-hybridized carbons (Fsp3) is 0.692. The lowest BCUT2D eigenvalue weighted by molar-refractivity contribution is 0.117. The topological polar surface area (TPSA) is 33.3 Å². The van der Waals surface area contributed by atoms with Gasteiger partial charge in [-0.05, 0) is 29.9 Å². The highest BCUT2D eigenvalue weighted by Crippen LogP contribution is 2.17. The van der Waals surface area contributed by atoms with Crippen molar-refractivity contribution in [2.24, 2.45) is 0 Å². The highest BCUT2D eigenvalue weighted by Gasteiger charge is 2.22. The molecular formula is C13H22N2OS. The number of thiophene rings is 1. The van der Waals surface area contributed by atoms with Crippen LogP contribution in [0.25, 0.3) is 0 Å². The molecule has 4 heteroatoms. The van der Waals surface area contributed by atoms with E-state index in [0.717, 1.165) is 32.5 Å². The molecule has 2 N–H and O–H groups in total. The van der Waals surface area contributed by atoms with Crippen LogP contribution in [-0.4, -0.2) is 32.3 Å². The fourth-order valence-corrected chi connectivity index (χ4v) is 3.26. The first-order valence-electron chi connectivity index (χ1n) is 6.35. The van der Waals surface area contributed by atoms with E-state index < -0.39 is 0 Å². The van der Waals surface area contributed by atoms with Crippen molar-refractivity contribution in [1.82, 2.24) is 10.6 Å². The Bertz CT molecular complexity index is 340. The van der Waals surface area contributed by atoms with E-state index in [1.54, 1.807) is 7.11 Å². The average molecular weight is 254 g/mol. The summed E-state index contributed by atoms with van der Waals surface area (Å²) in [6.07, 6.45) is 2.65. The maximum absolute atomic E-state index is 5.34. The lowest BCUT2D eigenvalue weighted by Crippen LogP contribution is -2.33. The molecule has 17 heavy (non-hydrogen) atoms. The summed E-state index contributed by atoms with van der Waals surface area (Å²) < 4.78 is 5.34. The third kappa shape index (κ3) is 3.52. The van der Waals surface area contributed by atoms with E-state index in [2.05, 4.69) is 29.0 Å². The quantitative estimate of drug-likeness (QED) is 0.812. The predicted octanol–water partition coefficient (Wildman–Crippen LogP) is 1.78. The molecule has 0 saturated carbocycles. The van der Waals surface area contributed by atoms with Crippen LogP contribution in [0.1, 0.15) is 23.8 Å². The molecule has 96 valence electrons. The van der Waals surface area contributed by atoms with Gasteiger partial charge in [0.05, 0.1) is 6.10 Å². The zero-order valence-corrected chi connectivity index (χ0v) is 11.5. The molecule has 2 rings (SSSR count). The van der Waals surface area contributed by atoms with Gasteiger partial charge in [-0.2, -0.15) is 0 Å². The van der Waals surface area contributed by atoms with Gasteiger partial charge in [-0.25, -0.2) is 0 Å². The monoisotopic (exact) mass is 254 g/mol. The Morgan fingerprint density at radius 1 is 1.59 bits per heavy atom. The summed E-state index contributed by atoms with van der Waals surface area (Å²) in [7, 11) is 1.79. The van der Waals surface area contributed by atoms with E-state index >= 15 is 0 Å².